The topological polar surface area (TPSA) is 73.3 Å². The van der Waals surface area contributed by atoms with Crippen molar-refractivity contribution in [3.8, 4) is 11.5 Å². The van der Waals surface area contributed by atoms with E-state index < -0.39 is 0 Å². The van der Waals surface area contributed by atoms with Gasteiger partial charge in [0.1, 0.15) is 22.2 Å². The lowest BCUT2D eigenvalue weighted by atomic mass is 10.1. The number of benzene rings is 1. The van der Waals surface area contributed by atoms with Crippen LogP contribution in [0.25, 0.3) is 10.2 Å². The average molecular weight is 385 g/mol. The molecule has 27 heavy (non-hydrogen) atoms. The predicted octanol–water partition coefficient (Wildman–Crippen LogP) is 4.12. The van der Waals surface area contributed by atoms with E-state index >= 15 is 0 Å². The van der Waals surface area contributed by atoms with Gasteiger partial charge in [-0.2, -0.15) is 0 Å². The third-order valence-electron chi connectivity index (χ3n) is 4.54. The van der Waals surface area contributed by atoms with E-state index in [1.807, 2.05) is 45.9 Å². The highest BCUT2D eigenvalue weighted by Gasteiger charge is 2.21. The molecule has 2 aromatic heterocycles. The molecule has 1 aromatic carbocycles. The summed E-state index contributed by atoms with van der Waals surface area (Å²) in [4.78, 5) is 23.3. The van der Waals surface area contributed by atoms with Crippen LogP contribution < -0.4 is 14.8 Å². The lowest BCUT2D eigenvalue weighted by Crippen LogP contribution is -2.26. The molecule has 0 saturated heterocycles. The molecule has 0 saturated carbocycles. The molecular formula is C20H23N3O3S. The van der Waals surface area contributed by atoms with E-state index in [-0.39, 0.29) is 11.9 Å². The summed E-state index contributed by atoms with van der Waals surface area (Å²) < 4.78 is 10.7. The molecule has 7 heteroatoms. The molecule has 3 aromatic rings. The first-order chi connectivity index (χ1) is 12.8. The van der Waals surface area contributed by atoms with E-state index in [9.17, 15) is 4.79 Å². The van der Waals surface area contributed by atoms with Crippen LogP contribution in [-0.2, 0) is 0 Å². The van der Waals surface area contributed by atoms with Gasteiger partial charge in [-0.05, 0) is 45.4 Å². The molecule has 0 spiro atoms. The minimum Gasteiger partial charge on any atom is -0.497 e. The lowest BCUT2D eigenvalue weighted by Gasteiger charge is -2.18. The lowest BCUT2D eigenvalue weighted by molar-refractivity contribution is 0.0943. The normalized spacial score (nSPS) is 12.1. The molecule has 0 aliphatic heterocycles. The Hall–Kier alpha value is -2.67. The number of carbonyl (C=O) groups excluding carboxylic acids is 1. The first kappa shape index (κ1) is 19.1. The van der Waals surface area contributed by atoms with Gasteiger partial charge in [0.05, 0.1) is 25.1 Å². The van der Waals surface area contributed by atoms with Crippen LogP contribution in [0.1, 0.15) is 45.3 Å². The van der Waals surface area contributed by atoms with Crippen LogP contribution in [0.4, 0.5) is 0 Å². The minimum atomic E-state index is -0.225. The number of nitrogens with one attached hydrogen (secondary N) is 1. The Kier molecular flexibility index (Phi) is 5.32. The Morgan fingerprint density at radius 1 is 1.15 bits per heavy atom. The van der Waals surface area contributed by atoms with Gasteiger partial charge >= 0.3 is 0 Å². The highest BCUT2D eigenvalue weighted by atomic mass is 32.1. The molecule has 2 heterocycles. The smallest absolute Gasteiger partial charge is 0.262 e. The zero-order valence-corrected chi connectivity index (χ0v) is 17.2. The fraction of sp³-hybridized carbons (Fsp3) is 0.350. The number of ether oxygens (including phenoxy) is 2. The van der Waals surface area contributed by atoms with Gasteiger partial charge in [0, 0.05) is 22.7 Å². The second-order valence-electron chi connectivity index (χ2n) is 6.40. The van der Waals surface area contributed by atoms with Crippen LogP contribution in [0.15, 0.2) is 18.2 Å². The van der Waals surface area contributed by atoms with Crippen molar-refractivity contribution in [2.24, 2.45) is 0 Å². The molecule has 3 rings (SSSR count). The van der Waals surface area contributed by atoms with Crippen LogP contribution in [0.3, 0.4) is 0 Å². The zero-order valence-electron chi connectivity index (χ0n) is 16.3. The fourth-order valence-electron chi connectivity index (χ4n) is 3.21. The first-order valence-corrected chi connectivity index (χ1v) is 9.44. The Balaban J connectivity index is 1.91. The van der Waals surface area contributed by atoms with Crippen LogP contribution in [-0.4, -0.2) is 30.1 Å². The summed E-state index contributed by atoms with van der Waals surface area (Å²) in [6.45, 7) is 7.68. The molecule has 1 atom stereocenters. The van der Waals surface area contributed by atoms with Crippen molar-refractivity contribution >= 4 is 27.5 Å². The second kappa shape index (κ2) is 7.52. The molecule has 0 radical (unpaired) electrons. The Bertz CT molecular complexity index is 1010. The maximum Gasteiger partial charge on any atom is 0.262 e. The fourth-order valence-corrected chi connectivity index (χ4v) is 4.39. The number of methoxy groups -OCH3 is 2. The number of thiophene rings is 1. The number of aryl methyl sites for hydroxylation is 3. The van der Waals surface area contributed by atoms with Crippen LogP contribution in [0, 0.1) is 20.8 Å². The maximum absolute atomic E-state index is 12.9. The third-order valence-corrected chi connectivity index (χ3v) is 5.73. The van der Waals surface area contributed by atoms with Gasteiger partial charge in [0.15, 0.2) is 0 Å². The van der Waals surface area contributed by atoms with Crippen molar-refractivity contribution < 1.29 is 14.3 Å². The Labute approximate surface area is 162 Å². The number of aromatic nitrogens is 2. The minimum absolute atomic E-state index is 0.127. The van der Waals surface area contributed by atoms with Gasteiger partial charge in [-0.3, -0.25) is 4.79 Å². The number of hydrogen-bond acceptors (Lipinski definition) is 6. The van der Waals surface area contributed by atoms with Crippen molar-refractivity contribution in [2.75, 3.05) is 14.2 Å². The van der Waals surface area contributed by atoms with E-state index in [0.717, 1.165) is 27.0 Å². The van der Waals surface area contributed by atoms with E-state index in [2.05, 4.69) is 15.3 Å². The summed E-state index contributed by atoms with van der Waals surface area (Å²) in [5.74, 6) is 1.97. The molecular weight excluding hydrogens is 362 g/mol. The number of hydrogen-bond donors (Lipinski definition) is 1. The molecule has 0 fully saturated rings. The molecule has 1 N–H and O–H groups in total. The molecule has 142 valence electrons. The highest BCUT2D eigenvalue weighted by molar-refractivity contribution is 7.20. The van der Waals surface area contributed by atoms with Gasteiger partial charge in [-0.25, -0.2) is 9.97 Å². The maximum atomic E-state index is 12.9. The third kappa shape index (κ3) is 3.60. The number of carbonyl (C=O) groups is 1. The highest BCUT2D eigenvalue weighted by Crippen LogP contribution is 2.33. The van der Waals surface area contributed by atoms with Crippen LogP contribution in [0.2, 0.25) is 0 Å². The summed E-state index contributed by atoms with van der Waals surface area (Å²) in [7, 11) is 3.21. The van der Waals surface area contributed by atoms with Gasteiger partial charge in [-0.15, -0.1) is 11.3 Å². The van der Waals surface area contributed by atoms with E-state index in [1.54, 1.807) is 14.2 Å². The number of fused-ring (bicyclic) bond motifs is 1. The van der Waals surface area contributed by atoms with Crippen molar-refractivity contribution in [3.05, 3.63) is 45.7 Å². The van der Waals surface area contributed by atoms with Crippen molar-refractivity contribution in [1.29, 1.82) is 0 Å². The van der Waals surface area contributed by atoms with Crippen LogP contribution >= 0.6 is 11.3 Å². The Morgan fingerprint density at radius 3 is 2.56 bits per heavy atom. The van der Waals surface area contributed by atoms with Gasteiger partial charge in [0.25, 0.3) is 5.91 Å². The summed E-state index contributed by atoms with van der Waals surface area (Å²) in [6, 6.07) is 5.34. The molecule has 0 aliphatic carbocycles. The summed E-state index contributed by atoms with van der Waals surface area (Å²) in [5.41, 5.74) is 2.70. The van der Waals surface area contributed by atoms with Crippen molar-refractivity contribution in [2.45, 2.75) is 33.7 Å². The molecule has 1 amide bonds. The second-order valence-corrected chi connectivity index (χ2v) is 7.39. The molecule has 0 aliphatic rings. The largest absolute Gasteiger partial charge is 0.497 e. The zero-order chi connectivity index (χ0) is 19.7. The number of nitrogens with zero attached hydrogens (tertiary/aromatic N) is 2. The molecule has 0 bridgehead atoms. The summed E-state index contributed by atoms with van der Waals surface area (Å²) in [6.07, 6.45) is 0. The van der Waals surface area contributed by atoms with Crippen molar-refractivity contribution in [1.82, 2.24) is 15.3 Å². The van der Waals surface area contributed by atoms with Gasteiger partial charge in [-0.1, -0.05) is 0 Å². The predicted molar refractivity (Wildman–Crippen MR) is 107 cm³/mol. The summed E-state index contributed by atoms with van der Waals surface area (Å²) in [5, 5.41) is 4.03. The Morgan fingerprint density at radius 2 is 1.89 bits per heavy atom. The van der Waals surface area contributed by atoms with Gasteiger partial charge in [0.2, 0.25) is 0 Å². The van der Waals surface area contributed by atoms with E-state index in [0.29, 0.717) is 22.2 Å². The van der Waals surface area contributed by atoms with E-state index in [1.165, 1.54) is 11.3 Å². The van der Waals surface area contributed by atoms with Crippen molar-refractivity contribution in [3.63, 3.8) is 0 Å². The monoisotopic (exact) mass is 385 g/mol. The van der Waals surface area contributed by atoms with Crippen LogP contribution in [0.5, 0.6) is 11.5 Å². The average Bonchev–Trinajstić information content (AvgIpc) is 2.97. The number of amides is 1. The first-order valence-electron chi connectivity index (χ1n) is 8.62. The summed E-state index contributed by atoms with van der Waals surface area (Å²) >= 11 is 1.40. The molecule has 6 nitrogen and oxygen atoms in total. The van der Waals surface area contributed by atoms with Gasteiger partial charge < -0.3 is 14.8 Å². The van der Waals surface area contributed by atoms with E-state index in [4.69, 9.17) is 9.47 Å². The SMILES string of the molecule is COc1ccc(C(C)NC(=O)c2sc3nc(C)nc(C)c3c2C)c(OC)c1. The molecule has 1 unspecified atom stereocenters. The number of rotatable bonds is 5. The quantitative estimate of drug-likeness (QED) is 0.715. The standard InChI is InChI=1S/C20H23N3O3S/c1-10-17-12(3)21-13(4)23-20(17)27-18(10)19(24)22-11(2)15-8-7-14(25-5)9-16(15)26-6/h7-9,11H,1-6H3,(H,22,24).